The van der Waals surface area contributed by atoms with E-state index in [-0.39, 0.29) is 17.1 Å². The molecule has 62 valence electrons. The molecule has 0 radical (unpaired) electrons. The molecular weight excluding hydrogens is 233 g/mol. The number of aliphatic hydroxyl groups is 1. The van der Waals surface area contributed by atoms with Gasteiger partial charge in [0.25, 0.3) is 0 Å². The normalized spacial score (nSPS) is 15.3. The summed E-state index contributed by atoms with van der Waals surface area (Å²) < 4.78 is 34.5. The SMILES string of the molecule is OCC(CBr)SC(F)(F)F. The summed E-state index contributed by atoms with van der Waals surface area (Å²) in [7, 11) is 0. The second kappa shape index (κ2) is 4.46. The molecule has 1 nitrogen and oxygen atoms in total. The van der Waals surface area contributed by atoms with Gasteiger partial charge in [-0.05, 0) is 11.8 Å². The molecule has 0 aromatic carbocycles. The number of aliphatic hydroxyl groups excluding tert-OH is 1. The van der Waals surface area contributed by atoms with E-state index in [2.05, 4.69) is 15.9 Å². The first-order chi connectivity index (χ1) is 4.49. The largest absolute Gasteiger partial charge is 0.442 e. The standard InChI is InChI=1S/C4H6BrF3OS/c5-1-3(2-9)10-4(6,7)8/h3,9H,1-2H2. The maximum absolute atomic E-state index is 11.5. The van der Waals surface area contributed by atoms with Crippen LogP contribution in [0.1, 0.15) is 0 Å². The van der Waals surface area contributed by atoms with Crippen LogP contribution in [0.25, 0.3) is 0 Å². The highest BCUT2D eigenvalue weighted by Crippen LogP contribution is 2.34. The number of thioether (sulfide) groups is 1. The third-order valence-electron chi connectivity index (χ3n) is 0.676. The summed E-state index contributed by atoms with van der Waals surface area (Å²) in [4.78, 5) is 0. The summed E-state index contributed by atoms with van der Waals surface area (Å²) in [6, 6.07) is 0. The van der Waals surface area contributed by atoms with Crippen LogP contribution >= 0.6 is 27.7 Å². The summed E-state index contributed by atoms with van der Waals surface area (Å²) in [6.45, 7) is -0.463. The summed E-state index contributed by atoms with van der Waals surface area (Å²) in [5, 5.41) is 7.69. The number of alkyl halides is 4. The predicted molar refractivity (Wildman–Crippen MR) is 38.3 cm³/mol. The zero-order valence-electron chi connectivity index (χ0n) is 4.86. The van der Waals surface area contributed by atoms with E-state index in [1.807, 2.05) is 0 Å². The van der Waals surface area contributed by atoms with Gasteiger partial charge in [-0.15, -0.1) is 0 Å². The Balaban J connectivity index is 3.63. The van der Waals surface area contributed by atoms with E-state index in [0.717, 1.165) is 0 Å². The molecule has 0 heterocycles. The molecule has 0 aromatic rings. The maximum atomic E-state index is 11.5. The van der Waals surface area contributed by atoms with E-state index in [9.17, 15) is 13.2 Å². The average Bonchev–Trinajstić information content (AvgIpc) is 1.81. The van der Waals surface area contributed by atoms with Gasteiger partial charge in [0.05, 0.1) is 6.61 Å². The Labute approximate surface area is 69.1 Å². The van der Waals surface area contributed by atoms with Crippen molar-refractivity contribution < 1.29 is 18.3 Å². The van der Waals surface area contributed by atoms with Crippen LogP contribution in [-0.4, -0.2) is 27.8 Å². The monoisotopic (exact) mass is 238 g/mol. The van der Waals surface area contributed by atoms with Crippen molar-refractivity contribution >= 4 is 27.7 Å². The number of halogens is 4. The third-order valence-corrected chi connectivity index (χ3v) is 2.80. The Morgan fingerprint density at radius 3 is 2.10 bits per heavy atom. The molecule has 0 bridgehead atoms. The van der Waals surface area contributed by atoms with Crippen LogP contribution < -0.4 is 0 Å². The lowest BCUT2D eigenvalue weighted by Gasteiger charge is -2.11. The first-order valence-electron chi connectivity index (χ1n) is 2.41. The van der Waals surface area contributed by atoms with Crippen molar-refractivity contribution in [1.29, 1.82) is 0 Å². The number of rotatable bonds is 3. The molecule has 10 heavy (non-hydrogen) atoms. The summed E-state index contributed by atoms with van der Waals surface area (Å²) in [6.07, 6.45) is 0. The quantitative estimate of drug-likeness (QED) is 0.760. The molecule has 0 fully saturated rings. The van der Waals surface area contributed by atoms with Crippen LogP contribution in [0.15, 0.2) is 0 Å². The fourth-order valence-corrected chi connectivity index (χ4v) is 1.42. The van der Waals surface area contributed by atoms with Crippen molar-refractivity contribution in [2.24, 2.45) is 0 Å². The first-order valence-corrected chi connectivity index (χ1v) is 4.41. The molecule has 0 aliphatic heterocycles. The van der Waals surface area contributed by atoms with Gasteiger partial charge in [0, 0.05) is 10.6 Å². The minimum absolute atomic E-state index is 0.147. The highest BCUT2D eigenvalue weighted by Gasteiger charge is 2.32. The topological polar surface area (TPSA) is 20.2 Å². The first kappa shape index (κ1) is 10.6. The fourth-order valence-electron chi connectivity index (χ4n) is 0.307. The van der Waals surface area contributed by atoms with E-state index in [1.54, 1.807) is 0 Å². The Hall–Kier alpha value is 0.580. The minimum atomic E-state index is -4.25. The van der Waals surface area contributed by atoms with Crippen LogP contribution in [0.5, 0.6) is 0 Å². The van der Waals surface area contributed by atoms with Crippen molar-refractivity contribution in [2.45, 2.75) is 10.8 Å². The molecule has 0 amide bonds. The van der Waals surface area contributed by atoms with E-state index in [4.69, 9.17) is 5.11 Å². The van der Waals surface area contributed by atoms with Crippen LogP contribution in [-0.2, 0) is 0 Å². The third kappa shape index (κ3) is 5.37. The summed E-state index contributed by atoms with van der Waals surface area (Å²) in [5.74, 6) is 0. The molecule has 0 aliphatic rings. The van der Waals surface area contributed by atoms with Gasteiger partial charge >= 0.3 is 5.51 Å². The average molecular weight is 239 g/mol. The maximum Gasteiger partial charge on any atom is 0.442 e. The van der Waals surface area contributed by atoms with Crippen molar-refractivity contribution in [3.8, 4) is 0 Å². The van der Waals surface area contributed by atoms with E-state index in [1.165, 1.54) is 0 Å². The molecule has 0 aromatic heterocycles. The zero-order chi connectivity index (χ0) is 8.20. The molecule has 1 unspecified atom stereocenters. The smallest absolute Gasteiger partial charge is 0.395 e. The van der Waals surface area contributed by atoms with E-state index < -0.39 is 17.4 Å². The van der Waals surface area contributed by atoms with Crippen LogP contribution in [0, 0.1) is 0 Å². The minimum Gasteiger partial charge on any atom is -0.395 e. The van der Waals surface area contributed by atoms with Crippen LogP contribution in [0.2, 0.25) is 0 Å². The van der Waals surface area contributed by atoms with Crippen LogP contribution in [0.4, 0.5) is 13.2 Å². The van der Waals surface area contributed by atoms with Crippen molar-refractivity contribution in [3.05, 3.63) is 0 Å². The van der Waals surface area contributed by atoms with Gasteiger partial charge in [0.2, 0.25) is 0 Å². The Kier molecular flexibility index (Phi) is 4.71. The molecule has 0 saturated heterocycles. The predicted octanol–water partition coefficient (Wildman–Crippen LogP) is 2.00. The molecule has 0 saturated carbocycles. The second-order valence-electron chi connectivity index (χ2n) is 1.52. The molecule has 0 aliphatic carbocycles. The van der Waals surface area contributed by atoms with E-state index >= 15 is 0 Å². The van der Waals surface area contributed by atoms with Gasteiger partial charge in [0.15, 0.2) is 0 Å². The highest BCUT2D eigenvalue weighted by molar-refractivity contribution is 9.09. The summed E-state index contributed by atoms with van der Waals surface area (Å²) in [5.41, 5.74) is -4.25. The molecule has 1 atom stereocenters. The van der Waals surface area contributed by atoms with Gasteiger partial charge < -0.3 is 5.11 Å². The van der Waals surface area contributed by atoms with Crippen LogP contribution in [0.3, 0.4) is 0 Å². The molecule has 0 spiro atoms. The van der Waals surface area contributed by atoms with Crippen molar-refractivity contribution in [3.63, 3.8) is 0 Å². The Morgan fingerprint density at radius 2 is 2.00 bits per heavy atom. The second-order valence-corrected chi connectivity index (χ2v) is 3.54. The Morgan fingerprint density at radius 1 is 1.50 bits per heavy atom. The molecule has 0 rings (SSSR count). The van der Waals surface area contributed by atoms with Gasteiger partial charge in [-0.1, -0.05) is 15.9 Å². The Bertz CT molecular complexity index is 93.0. The van der Waals surface area contributed by atoms with Gasteiger partial charge in [-0.25, -0.2) is 0 Å². The van der Waals surface area contributed by atoms with Crippen molar-refractivity contribution in [1.82, 2.24) is 0 Å². The molecule has 1 N–H and O–H groups in total. The van der Waals surface area contributed by atoms with E-state index in [0.29, 0.717) is 0 Å². The molecule has 6 heteroatoms. The summed E-state index contributed by atoms with van der Waals surface area (Å²) >= 11 is 2.65. The lowest BCUT2D eigenvalue weighted by molar-refractivity contribution is -0.0335. The molecular formula is C4H6BrF3OS. The fraction of sp³-hybridized carbons (Fsp3) is 1.00. The number of hydrogen-bond acceptors (Lipinski definition) is 2. The number of hydrogen-bond donors (Lipinski definition) is 1. The lowest BCUT2D eigenvalue weighted by Crippen LogP contribution is -2.16. The lowest BCUT2D eigenvalue weighted by atomic mass is 10.5. The van der Waals surface area contributed by atoms with Gasteiger partial charge in [-0.3, -0.25) is 0 Å². The van der Waals surface area contributed by atoms with Crippen molar-refractivity contribution in [2.75, 3.05) is 11.9 Å². The van der Waals surface area contributed by atoms with Gasteiger partial charge in [0.1, 0.15) is 0 Å². The zero-order valence-corrected chi connectivity index (χ0v) is 7.26. The van der Waals surface area contributed by atoms with Gasteiger partial charge in [-0.2, -0.15) is 13.2 Å². The highest BCUT2D eigenvalue weighted by atomic mass is 79.9.